The van der Waals surface area contributed by atoms with Crippen molar-refractivity contribution in [3.63, 3.8) is 0 Å². The van der Waals surface area contributed by atoms with Crippen molar-refractivity contribution in [2.24, 2.45) is 0 Å². The Labute approximate surface area is 110 Å². The Kier molecular flexibility index (Phi) is 2.84. The van der Waals surface area contributed by atoms with Crippen LogP contribution in [0.5, 0.6) is 0 Å². The molecule has 1 nitrogen and oxygen atoms in total. The van der Waals surface area contributed by atoms with E-state index in [0.717, 1.165) is 21.9 Å². The van der Waals surface area contributed by atoms with Crippen molar-refractivity contribution in [2.45, 2.75) is 0 Å². The molecule has 0 aliphatic rings. The van der Waals surface area contributed by atoms with Gasteiger partial charge in [-0.25, -0.2) is 4.39 Å². The maximum atomic E-state index is 13.4. The molecule has 0 radical (unpaired) electrons. The maximum absolute atomic E-state index is 13.4. The predicted octanol–water partition coefficient (Wildman–Crippen LogP) is 4.46. The average Bonchev–Trinajstić information content (AvgIpc) is 2.47. The molecular weight excluding hydrogens is 239 g/mol. The first kappa shape index (κ1) is 11.6. The summed E-state index contributed by atoms with van der Waals surface area (Å²) in [6, 6.07) is 18.6. The molecule has 0 amide bonds. The Morgan fingerprint density at radius 2 is 1.68 bits per heavy atom. The number of hydrogen-bond acceptors (Lipinski definition) is 1. The lowest BCUT2D eigenvalue weighted by atomic mass is 9.97. The smallest absolute Gasteiger partial charge is 0.153 e. The Morgan fingerprint density at radius 3 is 2.53 bits per heavy atom. The van der Waals surface area contributed by atoms with Gasteiger partial charge in [0.25, 0.3) is 0 Å². The Bertz CT molecular complexity index is 757. The first-order valence-corrected chi connectivity index (χ1v) is 6.02. The van der Waals surface area contributed by atoms with Crippen molar-refractivity contribution in [1.29, 1.82) is 0 Å². The lowest BCUT2D eigenvalue weighted by Gasteiger charge is -2.07. The van der Waals surface area contributed by atoms with Gasteiger partial charge in [-0.05, 0) is 34.0 Å². The Balaban J connectivity index is 2.27. The van der Waals surface area contributed by atoms with Crippen molar-refractivity contribution >= 4 is 17.1 Å². The first-order valence-electron chi connectivity index (χ1n) is 6.02. The normalized spacial score (nSPS) is 10.6. The van der Waals surface area contributed by atoms with Crippen molar-refractivity contribution in [1.82, 2.24) is 0 Å². The summed E-state index contributed by atoms with van der Waals surface area (Å²) < 4.78 is 13.4. The minimum Gasteiger partial charge on any atom is -0.298 e. The van der Waals surface area contributed by atoms with Gasteiger partial charge in [0.15, 0.2) is 6.29 Å². The molecule has 92 valence electrons. The van der Waals surface area contributed by atoms with Crippen molar-refractivity contribution in [3.8, 4) is 11.1 Å². The van der Waals surface area contributed by atoms with E-state index in [4.69, 9.17) is 0 Å². The second-order valence-corrected chi connectivity index (χ2v) is 4.38. The SMILES string of the molecule is O=Cc1cc(-c2cccc3ccccc23)ccc1F. The molecule has 3 rings (SSSR count). The number of benzene rings is 3. The summed E-state index contributed by atoms with van der Waals surface area (Å²) in [6.07, 6.45) is 0.546. The van der Waals surface area contributed by atoms with Gasteiger partial charge in [-0.1, -0.05) is 48.5 Å². The third-order valence-corrected chi connectivity index (χ3v) is 3.22. The van der Waals surface area contributed by atoms with Gasteiger partial charge in [-0.15, -0.1) is 0 Å². The Hall–Kier alpha value is -2.48. The van der Waals surface area contributed by atoms with E-state index < -0.39 is 5.82 Å². The molecule has 3 aromatic carbocycles. The zero-order chi connectivity index (χ0) is 13.2. The van der Waals surface area contributed by atoms with E-state index >= 15 is 0 Å². The highest BCUT2D eigenvalue weighted by molar-refractivity contribution is 5.97. The molecule has 2 heteroatoms. The topological polar surface area (TPSA) is 17.1 Å². The van der Waals surface area contributed by atoms with E-state index in [0.29, 0.717) is 6.29 Å². The maximum Gasteiger partial charge on any atom is 0.153 e. The van der Waals surface area contributed by atoms with Crippen LogP contribution in [0.25, 0.3) is 21.9 Å². The van der Waals surface area contributed by atoms with Crippen LogP contribution in [0.2, 0.25) is 0 Å². The molecular formula is C17H11FO. The number of carbonyl (C=O) groups excluding carboxylic acids is 1. The highest BCUT2D eigenvalue weighted by Gasteiger charge is 2.07. The number of rotatable bonds is 2. The van der Waals surface area contributed by atoms with Crippen molar-refractivity contribution in [3.05, 3.63) is 72.0 Å². The number of halogens is 1. The molecule has 0 saturated carbocycles. The summed E-state index contributed by atoms with van der Waals surface area (Å²) in [7, 11) is 0. The first-order chi connectivity index (χ1) is 9.29. The summed E-state index contributed by atoms with van der Waals surface area (Å²) in [6.45, 7) is 0. The van der Waals surface area contributed by atoms with Gasteiger partial charge < -0.3 is 0 Å². The van der Waals surface area contributed by atoms with Crippen LogP contribution in [-0.4, -0.2) is 6.29 Å². The number of hydrogen-bond donors (Lipinski definition) is 0. The average molecular weight is 250 g/mol. The molecule has 0 heterocycles. The highest BCUT2D eigenvalue weighted by Crippen LogP contribution is 2.29. The Morgan fingerprint density at radius 1 is 0.895 bits per heavy atom. The minimum absolute atomic E-state index is 0.0884. The van der Waals surface area contributed by atoms with E-state index in [1.165, 1.54) is 6.07 Å². The quantitative estimate of drug-likeness (QED) is 0.614. The lowest BCUT2D eigenvalue weighted by Crippen LogP contribution is -1.89. The van der Waals surface area contributed by atoms with Crippen LogP contribution in [0.15, 0.2) is 60.7 Å². The number of fused-ring (bicyclic) bond motifs is 1. The lowest BCUT2D eigenvalue weighted by molar-refractivity contribution is 0.112. The molecule has 19 heavy (non-hydrogen) atoms. The van der Waals surface area contributed by atoms with Gasteiger partial charge in [-0.3, -0.25) is 4.79 Å². The summed E-state index contributed by atoms with van der Waals surface area (Å²) >= 11 is 0. The fourth-order valence-corrected chi connectivity index (χ4v) is 2.28. The summed E-state index contributed by atoms with van der Waals surface area (Å²) in [5.74, 6) is -0.487. The molecule has 0 fully saturated rings. The van der Waals surface area contributed by atoms with Gasteiger partial charge in [0, 0.05) is 0 Å². The predicted molar refractivity (Wildman–Crippen MR) is 74.7 cm³/mol. The van der Waals surface area contributed by atoms with Gasteiger partial charge in [0.2, 0.25) is 0 Å². The second kappa shape index (κ2) is 4.65. The molecule has 3 aromatic rings. The highest BCUT2D eigenvalue weighted by atomic mass is 19.1. The summed E-state index contributed by atoms with van der Waals surface area (Å²) in [4.78, 5) is 10.8. The zero-order valence-electron chi connectivity index (χ0n) is 10.1. The van der Waals surface area contributed by atoms with Crippen molar-refractivity contribution < 1.29 is 9.18 Å². The van der Waals surface area contributed by atoms with E-state index in [-0.39, 0.29) is 5.56 Å². The van der Waals surface area contributed by atoms with Gasteiger partial charge >= 0.3 is 0 Å². The van der Waals surface area contributed by atoms with Gasteiger partial charge in [-0.2, -0.15) is 0 Å². The van der Waals surface area contributed by atoms with Crippen LogP contribution in [0.1, 0.15) is 10.4 Å². The molecule has 0 saturated heterocycles. The van der Waals surface area contributed by atoms with E-state index in [1.807, 2.05) is 42.5 Å². The van der Waals surface area contributed by atoms with E-state index in [1.54, 1.807) is 12.1 Å². The fraction of sp³-hybridized carbons (Fsp3) is 0. The van der Waals surface area contributed by atoms with Crippen LogP contribution < -0.4 is 0 Å². The van der Waals surface area contributed by atoms with Crippen LogP contribution in [0.3, 0.4) is 0 Å². The van der Waals surface area contributed by atoms with E-state index in [9.17, 15) is 9.18 Å². The molecule has 0 aliphatic heterocycles. The van der Waals surface area contributed by atoms with Crippen LogP contribution >= 0.6 is 0 Å². The molecule has 0 aliphatic carbocycles. The van der Waals surface area contributed by atoms with E-state index in [2.05, 4.69) is 0 Å². The van der Waals surface area contributed by atoms with Crippen LogP contribution in [-0.2, 0) is 0 Å². The van der Waals surface area contributed by atoms with Crippen LogP contribution in [0, 0.1) is 5.82 Å². The fourth-order valence-electron chi connectivity index (χ4n) is 2.28. The largest absolute Gasteiger partial charge is 0.298 e. The summed E-state index contributed by atoms with van der Waals surface area (Å²) in [5, 5.41) is 2.21. The molecule has 0 bridgehead atoms. The standard InChI is InChI=1S/C17H11FO/c18-17-9-8-13(10-14(17)11-19)16-7-3-5-12-4-1-2-6-15(12)16/h1-11H. The van der Waals surface area contributed by atoms with Gasteiger partial charge in [0.05, 0.1) is 5.56 Å². The monoisotopic (exact) mass is 250 g/mol. The second-order valence-electron chi connectivity index (χ2n) is 4.38. The molecule has 0 N–H and O–H groups in total. The van der Waals surface area contributed by atoms with Crippen LogP contribution in [0.4, 0.5) is 4.39 Å². The number of aldehydes is 1. The minimum atomic E-state index is -0.487. The molecule has 0 atom stereocenters. The van der Waals surface area contributed by atoms with Crippen molar-refractivity contribution in [2.75, 3.05) is 0 Å². The summed E-state index contributed by atoms with van der Waals surface area (Å²) in [5.41, 5.74) is 1.94. The molecule has 0 aromatic heterocycles. The third-order valence-electron chi connectivity index (χ3n) is 3.22. The third kappa shape index (κ3) is 2.02. The van der Waals surface area contributed by atoms with Gasteiger partial charge in [0.1, 0.15) is 5.82 Å². The zero-order valence-corrected chi connectivity index (χ0v) is 10.1. The number of carbonyl (C=O) groups is 1. The molecule has 0 spiro atoms. The molecule has 0 unspecified atom stereocenters.